The summed E-state index contributed by atoms with van der Waals surface area (Å²) in [5.41, 5.74) is 5.55. The predicted octanol–water partition coefficient (Wildman–Crippen LogP) is 0.236. The molecule has 0 unspecified atom stereocenters. The predicted molar refractivity (Wildman–Crippen MR) is 61.6 cm³/mol. The first kappa shape index (κ1) is 12.0. The number of nitrogens with zero attached hydrogens (tertiary/aromatic N) is 5. The average Bonchev–Trinajstić information content (AvgIpc) is 2.77. The van der Waals surface area contributed by atoms with E-state index in [-0.39, 0.29) is 18.1 Å². The number of nitrogen functional groups attached to an aromatic ring is 1. The molecule has 9 nitrogen and oxygen atoms in total. The number of nitrogens with one attached hydrogen (secondary N) is 1. The van der Waals surface area contributed by atoms with Crippen molar-refractivity contribution in [3.63, 3.8) is 0 Å². The third kappa shape index (κ3) is 3.27. The first-order chi connectivity index (χ1) is 8.63. The van der Waals surface area contributed by atoms with Crippen LogP contribution in [0.25, 0.3) is 0 Å². The molecule has 18 heavy (non-hydrogen) atoms. The van der Waals surface area contributed by atoms with E-state index in [0.29, 0.717) is 18.3 Å². The lowest BCUT2D eigenvalue weighted by Gasteiger charge is -2.09. The van der Waals surface area contributed by atoms with Gasteiger partial charge in [0, 0.05) is 0 Å². The third-order valence-electron chi connectivity index (χ3n) is 1.78. The smallest absolute Gasteiger partial charge is 0.323 e. The molecule has 9 heteroatoms. The van der Waals surface area contributed by atoms with Gasteiger partial charge in [0.25, 0.3) is 0 Å². The minimum absolute atomic E-state index is 0.0446. The molecule has 0 aliphatic rings. The van der Waals surface area contributed by atoms with Gasteiger partial charge in [0.1, 0.15) is 0 Å². The van der Waals surface area contributed by atoms with E-state index in [4.69, 9.17) is 10.5 Å². The van der Waals surface area contributed by atoms with E-state index in [1.165, 1.54) is 6.39 Å². The fourth-order valence-electron chi connectivity index (χ4n) is 1.14. The summed E-state index contributed by atoms with van der Waals surface area (Å²) in [6.07, 6.45) is 1.20. The lowest BCUT2D eigenvalue weighted by atomic mass is 10.5. The Bertz CT molecular complexity index is 500. The van der Waals surface area contributed by atoms with Crippen LogP contribution in [0.4, 0.5) is 11.9 Å². The quantitative estimate of drug-likeness (QED) is 0.768. The standard InChI is InChI=1S/C9H13N7O2/c1-5(2)18-9-14-7(10)13-8(15-9)11-3-6-12-4-17-16-6/h4-5H,3H2,1-2H3,(H3,10,11,13,14,15). The van der Waals surface area contributed by atoms with Crippen LogP contribution in [0.1, 0.15) is 19.7 Å². The van der Waals surface area contributed by atoms with Crippen molar-refractivity contribution in [3.05, 3.63) is 12.2 Å². The average molecular weight is 251 g/mol. The number of anilines is 2. The maximum absolute atomic E-state index is 5.55. The molecule has 3 N–H and O–H groups in total. The van der Waals surface area contributed by atoms with Crippen LogP contribution in [-0.4, -0.2) is 31.2 Å². The molecule has 2 rings (SSSR count). The Hall–Kier alpha value is -2.45. The van der Waals surface area contributed by atoms with E-state index < -0.39 is 0 Å². The lowest BCUT2D eigenvalue weighted by molar-refractivity contribution is 0.222. The molecule has 0 aliphatic heterocycles. The third-order valence-corrected chi connectivity index (χ3v) is 1.78. The van der Waals surface area contributed by atoms with E-state index in [1.54, 1.807) is 0 Å². The van der Waals surface area contributed by atoms with Gasteiger partial charge in [0.2, 0.25) is 18.3 Å². The van der Waals surface area contributed by atoms with Gasteiger partial charge < -0.3 is 20.3 Å². The Kier molecular flexibility index (Phi) is 3.51. The molecule has 0 saturated carbocycles. The van der Waals surface area contributed by atoms with Crippen molar-refractivity contribution < 1.29 is 9.26 Å². The van der Waals surface area contributed by atoms with Gasteiger partial charge in [0.15, 0.2) is 5.82 Å². The van der Waals surface area contributed by atoms with Crippen LogP contribution in [0.15, 0.2) is 10.9 Å². The normalized spacial score (nSPS) is 10.6. The number of aromatic nitrogens is 5. The van der Waals surface area contributed by atoms with E-state index in [1.807, 2.05) is 13.8 Å². The minimum Gasteiger partial charge on any atom is -0.461 e. The largest absolute Gasteiger partial charge is 0.461 e. The number of hydrogen-bond acceptors (Lipinski definition) is 9. The molecule has 2 aromatic rings. The van der Waals surface area contributed by atoms with Crippen LogP contribution >= 0.6 is 0 Å². The Morgan fingerprint density at radius 2 is 2.22 bits per heavy atom. The first-order valence-electron chi connectivity index (χ1n) is 5.31. The zero-order valence-corrected chi connectivity index (χ0v) is 9.99. The van der Waals surface area contributed by atoms with Crippen molar-refractivity contribution in [1.82, 2.24) is 25.1 Å². The van der Waals surface area contributed by atoms with Crippen molar-refractivity contribution in [1.29, 1.82) is 0 Å². The van der Waals surface area contributed by atoms with Gasteiger partial charge in [-0.2, -0.15) is 19.9 Å². The van der Waals surface area contributed by atoms with Crippen LogP contribution in [0.2, 0.25) is 0 Å². The number of nitrogens with two attached hydrogens (primary N) is 1. The van der Waals surface area contributed by atoms with Crippen molar-refractivity contribution in [2.75, 3.05) is 11.1 Å². The van der Waals surface area contributed by atoms with E-state index in [0.717, 1.165) is 0 Å². The molecule has 96 valence electrons. The Labute approximate surface area is 103 Å². The lowest BCUT2D eigenvalue weighted by Crippen LogP contribution is -2.13. The highest BCUT2D eigenvalue weighted by Gasteiger charge is 2.07. The van der Waals surface area contributed by atoms with Gasteiger partial charge in [0.05, 0.1) is 12.6 Å². The summed E-state index contributed by atoms with van der Waals surface area (Å²) in [6.45, 7) is 4.06. The summed E-state index contributed by atoms with van der Waals surface area (Å²) >= 11 is 0. The topological polar surface area (TPSA) is 125 Å². The molecule has 0 radical (unpaired) electrons. The maximum atomic E-state index is 5.55. The number of ether oxygens (including phenoxy) is 1. The number of rotatable bonds is 5. The fourth-order valence-corrected chi connectivity index (χ4v) is 1.14. The molecule has 2 aromatic heterocycles. The molecule has 0 amide bonds. The molecule has 0 bridgehead atoms. The van der Waals surface area contributed by atoms with Crippen molar-refractivity contribution in [2.24, 2.45) is 0 Å². The van der Waals surface area contributed by atoms with Crippen LogP contribution < -0.4 is 15.8 Å². The fraction of sp³-hybridized carbons (Fsp3) is 0.444. The molecule has 0 saturated heterocycles. The van der Waals surface area contributed by atoms with E-state index in [2.05, 4.69) is 34.9 Å². The Morgan fingerprint density at radius 3 is 2.89 bits per heavy atom. The van der Waals surface area contributed by atoms with Gasteiger partial charge in [-0.3, -0.25) is 0 Å². The molecule has 0 atom stereocenters. The number of hydrogen-bond donors (Lipinski definition) is 2. The van der Waals surface area contributed by atoms with E-state index in [9.17, 15) is 0 Å². The molecule has 0 spiro atoms. The van der Waals surface area contributed by atoms with E-state index >= 15 is 0 Å². The SMILES string of the molecule is CC(C)Oc1nc(N)nc(NCc2ncon2)n1. The second kappa shape index (κ2) is 5.25. The van der Waals surface area contributed by atoms with Crippen molar-refractivity contribution >= 4 is 11.9 Å². The zero-order valence-electron chi connectivity index (χ0n) is 9.99. The van der Waals surface area contributed by atoms with Gasteiger partial charge in [-0.05, 0) is 13.8 Å². The van der Waals surface area contributed by atoms with Crippen LogP contribution in [0, 0.1) is 0 Å². The Morgan fingerprint density at radius 1 is 1.39 bits per heavy atom. The van der Waals surface area contributed by atoms with Gasteiger partial charge in [-0.15, -0.1) is 0 Å². The molecule has 2 heterocycles. The summed E-state index contributed by atoms with van der Waals surface area (Å²) < 4.78 is 9.94. The van der Waals surface area contributed by atoms with Crippen molar-refractivity contribution in [3.8, 4) is 6.01 Å². The zero-order chi connectivity index (χ0) is 13.0. The summed E-state index contributed by atoms with van der Waals surface area (Å²) in [5, 5.41) is 6.54. The molecular weight excluding hydrogens is 238 g/mol. The highest BCUT2D eigenvalue weighted by Crippen LogP contribution is 2.10. The van der Waals surface area contributed by atoms with Crippen LogP contribution in [-0.2, 0) is 6.54 Å². The maximum Gasteiger partial charge on any atom is 0.323 e. The highest BCUT2D eigenvalue weighted by atomic mass is 16.5. The summed E-state index contributed by atoms with van der Waals surface area (Å²) in [6, 6.07) is 0.174. The summed E-state index contributed by atoms with van der Waals surface area (Å²) in [4.78, 5) is 15.7. The first-order valence-corrected chi connectivity index (χ1v) is 5.31. The van der Waals surface area contributed by atoms with Gasteiger partial charge in [-0.25, -0.2) is 0 Å². The minimum atomic E-state index is -0.0446. The second-order valence-corrected chi connectivity index (χ2v) is 3.67. The summed E-state index contributed by atoms with van der Waals surface area (Å²) in [7, 11) is 0. The van der Waals surface area contributed by atoms with Gasteiger partial charge >= 0.3 is 6.01 Å². The Balaban J connectivity index is 2.05. The summed E-state index contributed by atoms with van der Waals surface area (Å²) in [5.74, 6) is 0.861. The highest BCUT2D eigenvalue weighted by molar-refractivity contribution is 5.32. The monoisotopic (exact) mass is 251 g/mol. The molecule has 0 aromatic carbocycles. The molecular formula is C9H13N7O2. The van der Waals surface area contributed by atoms with Crippen LogP contribution in [0.3, 0.4) is 0 Å². The molecule has 0 aliphatic carbocycles. The van der Waals surface area contributed by atoms with Gasteiger partial charge in [-0.1, -0.05) is 5.16 Å². The molecule has 0 fully saturated rings. The van der Waals surface area contributed by atoms with Crippen molar-refractivity contribution in [2.45, 2.75) is 26.5 Å². The van der Waals surface area contributed by atoms with Crippen LogP contribution in [0.5, 0.6) is 6.01 Å². The second-order valence-electron chi connectivity index (χ2n) is 3.67.